The predicted octanol–water partition coefficient (Wildman–Crippen LogP) is 3.70. The summed E-state index contributed by atoms with van der Waals surface area (Å²) < 4.78 is 13.1. The van der Waals surface area contributed by atoms with Crippen LogP contribution in [0.5, 0.6) is 0 Å². The van der Waals surface area contributed by atoms with Crippen molar-refractivity contribution in [3.63, 3.8) is 0 Å². The van der Waals surface area contributed by atoms with Gasteiger partial charge in [-0.15, -0.1) is 0 Å². The highest BCUT2D eigenvalue weighted by molar-refractivity contribution is 5.19. The number of nitrogens with zero attached hydrogens (tertiary/aromatic N) is 1. The molecule has 0 heterocycles. The first kappa shape index (κ1) is 18.1. The average molecular weight is 294 g/mol. The van der Waals surface area contributed by atoms with Gasteiger partial charge in [-0.25, -0.2) is 4.39 Å². The van der Waals surface area contributed by atoms with Crippen LogP contribution in [0.4, 0.5) is 4.39 Å². The van der Waals surface area contributed by atoms with Gasteiger partial charge in [-0.3, -0.25) is 4.90 Å². The van der Waals surface area contributed by atoms with E-state index in [1.165, 1.54) is 12.1 Å². The van der Waals surface area contributed by atoms with Gasteiger partial charge in [0, 0.05) is 25.2 Å². The molecule has 0 radical (unpaired) electrons. The van der Waals surface area contributed by atoms with Gasteiger partial charge in [-0.2, -0.15) is 0 Å². The molecule has 120 valence electrons. The lowest BCUT2D eigenvalue weighted by Gasteiger charge is -2.43. The summed E-state index contributed by atoms with van der Waals surface area (Å²) in [6.07, 6.45) is 0.850. The quantitative estimate of drug-likeness (QED) is 0.792. The molecule has 1 aromatic carbocycles. The molecule has 0 aliphatic rings. The van der Waals surface area contributed by atoms with Crippen molar-refractivity contribution < 1.29 is 4.39 Å². The van der Waals surface area contributed by atoms with Crippen LogP contribution in [0.1, 0.15) is 40.2 Å². The van der Waals surface area contributed by atoms with Gasteiger partial charge < -0.3 is 5.73 Å². The Morgan fingerprint density at radius 3 is 1.90 bits per heavy atom. The summed E-state index contributed by atoms with van der Waals surface area (Å²) in [5, 5.41) is 0. The van der Waals surface area contributed by atoms with Gasteiger partial charge >= 0.3 is 0 Å². The summed E-state index contributed by atoms with van der Waals surface area (Å²) in [5.41, 5.74) is 7.17. The van der Waals surface area contributed by atoms with Crippen LogP contribution >= 0.6 is 0 Å². The maximum absolute atomic E-state index is 13.1. The third kappa shape index (κ3) is 5.76. The van der Waals surface area contributed by atoms with Gasteiger partial charge in [0.1, 0.15) is 5.82 Å². The summed E-state index contributed by atoms with van der Waals surface area (Å²) in [5.74, 6) is 1.01. The Hall–Kier alpha value is -0.930. The molecule has 1 aromatic rings. The highest BCUT2D eigenvalue weighted by Gasteiger charge is 2.31. The second-order valence-corrected chi connectivity index (χ2v) is 7.20. The fourth-order valence-electron chi connectivity index (χ4n) is 2.75. The van der Waals surface area contributed by atoms with E-state index in [-0.39, 0.29) is 11.4 Å². The Kier molecular flexibility index (Phi) is 6.82. The Bertz CT molecular complexity index is 404. The van der Waals surface area contributed by atoms with Crippen molar-refractivity contribution in [2.75, 3.05) is 19.6 Å². The SMILES string of the molecule is CC(C)CN(CC(C)C)C(C)(CN)Cc1ccc(F)cc1. The molecular formula is C18H31FN2. The predicted molar refractivity (Wildman–Crippen MR) is 88.8 cm³/mol. The topological polar surface area (TPSA) is 29.3 Å². The molecular weight excluding hydrogens is 263 g/mol. The minimum Gasteiger partial charge on any atom is -0.329 e. The standard InChI is InChI=1S/C18H31FN2/c1-14(2)11-21(12-15(3)4)18(5,13-20)10-16-6-8-17(19)9-7-16/h6-9,14-15H,10-13,20H2,1-5H3. The Labute approximate surface area is 129 Å². The maximum atomic E-state index is 13.1. The van der Waals surface area contributed by atoms with Crippen molar-refractivity contribution in [1.29, 1.82) is 0 Å². The van der Waals surface area contributed by atoms with Crippen molar-refractivity contribution in [2.24, 2.45) is 17.6 Å². The van der Waals surface area contributed by atoms with Crippen LogP contribution in [0, 0.1) is 17.7 Å². The minimum absolute atomic E-state index is 0.0909. The molecule has 1 atom stereocenters. The minimum atomic E-state index is -0.186. The van der Waals surface area contributed by atoms with Crippen LogP contribution in [0.2, 0.25) is 0 Å². The number of halogens is 1. The molecule has 0 aromatic heterocycles. The van der Waals surface area contributed by atoms with Crippen molar-refractivity contribution in [3.05, 3.63) is 35.6 Å². The molecule has 0 aliphatic heterocycles. The van der Waals surface area contributed by atoms with Crippen molar-refractivity contribution >= 4 is 0 Å². The lowest BCUT2D eigenvalue weighted by atomic mass is 9.89. The van der Waals surface area contributed by atoms with E-state index in [4.69, 9.17) is 5.73 Å². The smallest absolute Gasteiger partial charge is 0.123 e. The second-order valence-electron chi connectivity index (χ2n) is 7.20. The fourth-order valence-corrected chi connectivity index (χ4v) is 2.75. The molecule has 1 rings (SSSR count). The van der Waals surface area contributed by atoms with Gasteiger partial charge in [0.25, 0.3) is 0 Å². The lowest BCUT2D eigenvalue weighted by molar-refractivity contribution is 0.0818. The molecule has 2 N–H and O–H groups in total. The number of nitrogens with two attached hydrogens (primary N) is 1. The van der Waals surface area contributed by atoms with Crippen LogP contribution in [0.15, 0.2) is 24.3 Å². The van der Waals surface area contributed by atoms with E-state index in [1.54, 1.807) is 0 Å². The van der Waals surface area contributed by atoms with E-state index in [0.717, 1.165) is 25.1 Å². The Balaban J connectivity index is 2.93. The van der Waals surface area contributed by atoms with E-state index in [9.17, 15) is 4.39 Å². The summed E-state index contributed by atoms with van der Waals surface area (Å²) in [4.78, 5) is 2.51. The zero-order valence-electron chi connectivity index (χ0n) is 14.2. The van der Waals surface area contributed by atoms with Crippen LogP contribution in [0.25, 0.3) is 0 Å². The lowest BCUT2D eigenvalue weighted by Crippen LogP contribution is -2.55. The summed E-state index contributed by atoms with van der Waals surface area (Å²) in [7, 11) is 0. The van der Waals surface area contributed by atoms with Crippen molar-refractivity contribution in [1.82, 2.24) is 4.90 Å². The molecule has 21 heavy (non-hydrogen) atoms. The molecule has 0 fully saturated rings. The molecule has 0 aliphatic carbocycles. The molecule has 1 unspecified atom stereocenters. The Morgan fingerprint density at radius 2 is 1.52 bits per heavy atom. The summed E-state index contributed by atoms with van der Waals surface area (Å²) in [6.45, 7) is 13.8. The molecule has 0 saturated carbocycles. The van der Waals surface area contributed by atoms with Gasteiger partial charge in [0.05, 0.1) is 0 Å². The van der Waals surface area contributed by atoms with E-state index in [0.29, 0.717) is 18.4 Å². The van der Waals surface area contributed by atoms with Crippen molar-refractivity contribution in [3.8, 4) is 0 Å². The zero-order valence-corrected chi connectivity index (χ0v) is 14.2. The number of rotatable bonds is 8. The van der Waals surface area contributed by atoms with E-state index in [2.05, 4.69) is 39.5 Å². The van der Waals surface area contributed by atoms with E-state index >= 15 is 0 Å². The zero-order chi connectivity index (χ0) is 16.0. The summed E-state index contributed by atoms with van der Waals surface area (Å²) >= 11 is 0. The number of benzene rings is 1. The van der Waals surface area contributed by atoms with Crippen LogP contribution < -0.4 is 5.73 Å². The maximum Gasteiger partial charge on any atom is 0.123 e. The largest absolute Gasteiger partial charge is 0.329 e. The first-order valence-corrected chi connectivity index (χ1v) is 7.96. The molecule has 0 saturated heterocycles. The van der Waals surface area contributed by atoms with Crippen LogP contribution in [0.3, 0.4) is 0 Å². The third-order valence-corrected chi connectivity index (χ3v) is 3.87. The third-order valence-electron chi connectivity index (χ3n) is 3.87. The van der Waals surface area contributed by atoms with Gasteiger partial charge in [-0.1, -0.05) is 39.8 Å². The molecule has 0 bridgehead atoms. The highest BCUT2D eigenvalue weighted by atomic mass is 19.1. The molecule has 0 amide bonds. The normalized spacial score (nSPS) is 15.0. The fraction of sp³-hybridized carbons (Fsp3) is 0.667. The number of hydrogen-bond acceptors (Lipinski definition) is 2. The highest BCUT2D eigenvalue weighted by Crippen LogP contribution is 2.23. The van der Waals surface area contributed by atoms with Gasteiger partial charge in [-0.05, 0) is 42.9 Å². The van der Waals surface area contributed by atoms with Crippen molar-refractivity contribution in [2.45, 2.75) is 46.6 Å². The molecule has 0 spiro atoms. The Morgan fingerprint density at radius 1 is 1.05 bits per heavy atom. The monoisotopic (exact) mass is 294 g/mol. The first-order chi connectivity index (χ1) is 9.76. The molecule has 3 heteroatoms. The second kappa shape index (κ2) is 7.90. The van der Waals surface area contributed by atoms with Gasteiger partial charge in [0.15, 0.2) is 0 Å². The number of hydrogen-bond donors (Lipinski definition) is 1. The van der Waals surface area contributed by atoms with E-state index in [1.807, 2.05) is 12.1 Å². The van der Waals surface area contributed by atoms with E-state index < -0.39 is 0 Å². The van der Waals surface area contributed by atoms with Gasteiger partial charge in [0.2, 0.25) is 0 Å². The average Bonchev–Trinajstić information content (AvgIpc) is 2.39. The first-order valence-electron chi connectivity index (χ1n) is 7.96. The summed E-state index contributed by atoms with van der Waals surface area (Å²) in [6, 6.07) is 6.79. The van der Waals surface area contributed by atoms with Crippen LogP contribution in [-0.2, 0) is 6.42 Å². The van der Waals surface area contributed by atoms with Crippen LogP contribution in [-0.4, -0.2) is 30.1 Å². The molecule has 2 nitrogen and oxygen atoms in total.